The highest BCUT2D eigenvalue weighted by atomic mass is 32.1. The molecule has 0 saturated carbocycles. The van der Waals surface area contributed by atoms with Gasteiger partial charge in [-0.05, 0) is 55.0 Å². The average Bonchev–Trinajstić information content (AvgIpc) is 2.54. The van der Waals surface area contributed by atoms with Crippen LogP contribution in [0, 0.1) is 12.7 Å². The molecule has 2 N–H and O–H groups in total. The maximum absolute atomic E-state index is 13.8. The second kappa shape index (κ2) is 7.69. The van der Waals surface area contributed by atoms with Gasteiger partial charge in [0.2, 0.25) is 0 Å². The number of thiocarbonyl (C=S) groups is 1. The molecule has 0 amide bonds. The summed E-state index contributed by atoms with van der Waals surface area (Å²) in [5.74, 6) is -0.237. The van der Waals surface area contributed by atoms with E-state index >= 15 is 0 Å². The lowest BCUT2D eigenvalue weighted by Gasteiger charge is -2.14. The highest BCUT2D eigenvalue weighted by molar-refractivity contribution is 7.80. The quantitative estimate of drug-likeness (QED) is 0.605. The summed E-state index contributed by atoms with van der Waals surface area (Å²) in [4.78, 5) is 0. The number of ether oxygens (including phenoxy) is 1. The van der Waals surface area contributed by atoms with Crippen LogP contribution in [0.4, 0.5) is 23.2 Å². The first-order chi connectivity index (χ1) is 11.7. The summed E-state index contributed by atoms with van der Waals surface area (Å²) < 4.78 is 56.5. The Hall–Kier alpha value is -2.35. The molecule has 0 atom stereocenters. The summed E-state index contributed by atoms with van der Waals surface area (Å²) in [6.07, 6.45) is -4.57. The first kappa shape index (κ1) is 19.0. The minimum atomic E-state index is -4.57. The molecule has 3 nitrogen and oxygen atoms in total. The lowest BCUT2D eigenvalue weighted by Crippen LogP contribution is -2.28. The van der Waals surface area contributed by atoms with E-state index in [-0.39, 0.29) is 17.2 Å². The maximum Gasteiger partial charge on any atom is 0.416 e. The van der Waals surface area contributed by atoms with Crippen molar-refractivity contribution in [2.24, 2.45) is 0 Å². The number of hydrogen-bond acceptors (Lipinski definition) is 2. The van der Waals surface area contributed by atoms with Gasteiger partial charge in [-0.25, -0.2) is 4.39 Å². The molecule has 0 aliphatic carbocycles. The monoisotopic (exact) mass is 372 g/mol. The molecular formula is C17H16F4N2OS. The predicted molar refractivity (Wildman–Crippen MR) is 92.2 cm³/mol. The van der Waals surface area contributed by atoms with Gasteiger partial charge in [-0.3, -0.25) is 0 Å². The van der Waals surface area contributed by atoms with Crippen molar-refractivity contribution in [2.45, 2.75) is 19.6 Å². The van der Waals surface area contributed by atoms with Crippen LogP contribution in [0.25, 0.3) is 0 Å². The lowest BCUT2D eigenvalue weighted by molar-refractivity contribution is -0.137. The Morgan fingerprint density at radius 2 is 1.88 bits per heavy atom. The number of nitrogens with one attached hydrogen (secondary N) is 2. The second-order valence-electron chi connectivity index (χ2n) is 5.29. The van der Waals surface area contributed by atoms with E-state index in [0.717, 1.165) is 23.4 Å². The van der Waals surface area contributed by atoms with Gasteiger partial charge in [0.1, 0.15) is 11.6 Å². The van der Waals surface area contributed by atoms with E-state index in [1.807, 2.05) is 13.0 Å². The van der Waals surface area contributed by atoms with Crippen LogP contribution in [-0.4, -0.2) is 12.2 Å². The SMILES string of the molecule is COc1ccc(NC(=S)NCc2ccc(C(F)(F)F)cc2F)c(C)c1. The molecule has 2 rings (SSSR count). The van der Waals surface area contributed by atoms with Gasteiger partial charge in [0.25, 0.3) is 0 Å². The van der Waals surface area contributed by atoms with Gasteiger partial charge >= 0.3 is 6.18 Å². The van der Waals surface area contributed by atoms with Crippen molar-refractivity contribution in [2.75, 3.05) is 12.4 Å². The molecular weight excluding hydrogens is 356 g/mol. The third kappa shape index (κ3) is 5.06. The van der Waals surface area contributed by atoms with Crippen molar-refractivity contribution in [3.8, 4) is 5.75 Å². The first-order valence-electron chi connectivity index (χ1n) is 7.26. The Morgan fingerprint density at radius 1 is 1.16 bits per heavy atom. The first-order valence-corrected chi connectivity index (χ1v) is 7.66. The smallest absolute Gasteiger partial charge is 0.416 e. The molecule has 2 aromatic rings. The Kier molecular flexibility index (Phi) is 5.84. The van der Waals surface area contributed by atoms with Gasteiger partial charge in [-0.15, -0.1) is 0 Å². The van der Waals surface area contributed by atoms with Gasteiger partial charge in [0, 0.05) is 17.8 Å². The number of alkyl halides is 3. The van der Waals surface area contributed by atoms with Crippen LogP contribution in [0.1, 0.15) is 16.7 Å². The molecule has 0 aliphatic rings. The Labute approximate surface area is 148 Å². The fourth-order valence-corrected chi connectivity index (χ4v) is 2.29. The van der Waals surface area contributed by atoms with Gasteiger partial charge in [-0.1, -0.05) is 6.07 Å². The topological polar surface area (TPSA) is 33.3 Å². The summed E-state index contributed by atoms with van der Waals surface area (Å²) in [7, 11) is 1.56. The maximum atomic E-state index is 13.8. The van der Waals surface area contributed by atoms with Crippen LogP contribution < -0.4 is 15.4 Å². The summed E-state index contributed by atoms with van der Waals surface area (Å²) >= 11 is 5.13. The van der Waals surface area contributed by atoms with Crippen LogP contribution in [0.3, 0.4) is 0 Å². The summed E-state index contributed by atoms with van der Waals surface area (Å²) in [6, 6.07) is 7.76. The largest absolute Gasteiger partial charge is 0.497 e. The van der Waals surface area contributed by atoms with E-state index in [0.29, 0.717) is 11.8 Å². The van der Waals surface area contributed by atoms with Crippen molar-refractivity contribution in [1.82, 2.24) is 5.32 Å². The molecule has 2 aromatic carbocycles. The highest BCUT2D eigenvalue weighted by Crippen LogP contribution is 2.30. The normalized spacial score (nSPS) is 11.1. The van der Waals surface area contributed by atoms with Crippen LogP contribution >= 0.6 is 12.2 Å². The van der Waals surface area contributed by atoms with E-state index in [9.17, 15) is 17.6 Å². The molecule has 0 unspecified atom stereocenters. The van der Waals surface area contributed by atoms with Crippen LogP contribution in [0.5, 0.6) is 5.75 Å². The number of rotatable bonds is 4. The summed E-state index contributed by atoms with van der Waals surface area (Å²) in [5, 5.41) is 5.95. The van der Waals surface area contributed by atoms with E-state index in [1.54, 1.807) is 19.2 Å². The number of halogens is 4. The molecule has 0 fully saturated rings. The number of methoxy groups -OCH3 is 1. The van der Waals surface area contributed by atoms with Gasteiger partial charge in [-0.2, -0.15) is 13.2 Å². The van der Waals surface area contributed by atoms with E-state index in [1.165, 1.54) is 0 Å². The summed E-state index contributed by atoms with van der Waals surface area (Å²) in [5.41, 5.74) is 0.697. The minimum Gasteiger partial charge on any atom is -0.497 e. The fourth-order valence-electron chi connectivity index (χ4n) is 2.11. The van der Waals surface area contributed by atoms with E-state index in [4.69, 9.17) is 17.0 Å². The van der Waals surface area contributed by atoms with Crippen molar-refractivity contribution in [1.29, 1.82) is 0 Å². The molecule has 0 radical (unpaired) electrons. The van der Waals surface area contributed by atoms with Crippen LogP contribution in [0.2, 0.25) is 0 Å². The Balaban J connectivity index is 1.98. The second-order valence-corrected chi connectivity index (χ2v) is 5.70. The molecule has 0 spiro atoms. The Bertz CT molecular complexity index is 778. The van der Waals surface area contributed by atoms with Crippen molar-refractivity contribution < 1.29 is 22.3 Å². The van der Waals surface area contributed by atoms with Crippen molar-refractivity contribution >= 4 is 23.0 Å². The third-order valence-electron chi connectivity index (χ3n) is 3.50. The lowest BCUT2D eigenvalue weighted by atomic mass is 10.1. The zero-order valence-electron chi connectivity index (χ0n) is 13.5. The molecule has 134 valence electrons. The highest BCUT2D eigenvalue weighted by Gasteiger charge is 2.31. The van der Waals surface area contributed by atoms with Crippen LogP contribution in [0.15, 0.2) is 36.4 Å². The van der Waals surface area contributed by atoms with E-state index in [2.05, 4.69) is 10.6 Å². The van der Waals surface area contributed by atoms with Crippen LogP contribution in [-0.2, 0) is 12.7 Å². The average molecular weight is 372 g/mol. The Morgan fingerprint density at radius 3 is 2.44 bits per heavy atom. The number of anilines is 1. The number of aryl methyl sites for hydroxylation is 1. The zero-order valence-corrected chi connectivity index (χ0v) is 14.3. The molecule has 0 saturated heterocycles. The van der Waals surface area contributed by atoms with Gasteiger partial charge in [0.05, 0.1) is 12.7 Å². The summed E-state index contributed by atoms with van der Waals surface area (Å²) in [6.45, 7) is 1.83. The van der Waals surface area contributed by atoms with Gasteiger partial charge in [0.15, 0.2) is 5.11 Å². The third-order valence-corrected chi connectivity index (χ3v) is 3.75. The fraction of sp³-hybridized carbons (Fsp3) is 0.235. The molecule has 25 heavy (non-hydrogen) atoms. The van der Waals surface area contributed by atoms with E-state index < -0.39 is 17.6 Å². The zero-order chi connectivity index (χ0) is 18.6. The molecule has 0 aromatic heterocycles. The minimum absolute atomic E-state index is 0.0367. The van der Waals surface area contributed by atoms with Gasteiger partial charge < -0.3 is 15.4 Å². The molecule has 0 bridgehead atoms. The number of benzene rings is 2. The van der Waals surface area contributed by atoms with Crippen molar-refractivity contribution in [3.63, 3.8) is 0 Å². The standard InChI is InChI=1S/C17H16F4N2OS/c1-10-7-13(24-2)5-6-15(10)23-16(25)22-9-11-3-4-12(8-14(11)18)17(19,20)21/h3-8H,9H2,1-2H3,(H2,22,23,25). The molecule has 8 heteroatoms. The molecule has 0 heterocycles. The van der Waals surface area contributed by atoms with Crippen molar-refractivity contribution in [3.05, 3.63) is 58.9 Å². The molecule has 0 aliphatic heterocycles. The predicted octanol–water partition coefficient (Wildman–Crippen LogP) is 4.65. The number of hydrogen-bond donors (Lipinski definition) is 2.